The van der Waals surface area contributed by atoms with Gasteiger partial charge in [-0.25, -0.2) is 4.98 Å². The van der Waals surface area contributed by atoms with Crippen LogP contribution < -0.4 is 5.32 Å². The summed E-state index contributed by atoms with van der Waals surface area (Å²) in [7, 11) is 1.74. The first-order chi connectivity index (χ1) is 9.63. The topological polar surface area (TPSA) is 109 Å². The maximum Gasteiger partial charge on any atom is 0.227 e. The highest BCUT2D eigenvalue weighted by atomic mass is 16.4. The number of hydrogen-bond donors (Lipinski definition) is 3. The predicted octanol–water partition coefficient (Wildman–Crippen LogP) is 0.932. The number of aryl methyl sites for hydroxylation is 1. The maximum atomic E-state index is 9.63. The Labute approximate surface area is 113 Å². The Morgan fingerprint density at radius 1 is 1.40 bits per heavy atom. The molecule has 0 saturated carbocycles. The van der Waals surface area contributed by atoms with Crippen LogP contribution in [0.5, 0.6) is 5.75 Å². The van der Waals surface area contributed by atoms with Gasteiger partial charge < -0.3 is 19.9 Å². The number of fused-ring (bicyclic) bond motifs is 1. The minimum Gasteiger partial charge on any atom is -0.504 e. The van der Waals surface area contributed by atoms with Crippen molar-refractivity contribution in [2.24, 2.45) is 0 Å². The van der Waals surface area contributed by atoms with Gasteiger partial charge in [-0.2, -0.15) is 14.6 Å². The molecule has 8 nitrogen and oxygen atoms in total. The molecule has 3 heterocycles. The van der Waals surface area contributed by atoms with Crippen LogP contribution in [-0.4, -0.2) is 36.8 Å². The number of hydrogen-bond acceptors (Lipinski definition) is 7. The molecule has 3 N–H and O–H groups in total. The van der Waals surface area contributed by atoms with Gasteiger partial charge in [-0.05, 0) is 6.92 Å². The van der Waals surface area contributed by atoms with Crippen molar-refractivity contribution >= 4 is 11.6 Å². The summed E-state index contributed by atoms with van der Waals surface area (Å²) < 4.78 is 6.94. The zero-order valence-corrected chi connectivity index (χ0v) is 11.0. The fourth-order valence-electron chi connectivity index (χ4n) is 1.98. The number of rotatable bonds is 3. The number of aliphatic hydroxyl groups excluding tert-OH is 1. The average Bonchev–Trinajstić information content (AvgIpc) is 3.00. The fraction of sp³-hybridized carbons (Fsp3) is 0.250. The summed E-state index contributed by atoms with van der Waals surface area (Å²) in [5.74, 6) is 1.54. The molecule has 3 rings (SSSR count). The van der Waals surface area contributed by atoms with Crippen molar-refractivity contribution in [3.63, 3.8) is 0 Å². The number of anilines is 1. The number of nitrogens with one attached hydrogen (secondary N) is 1. The summed E-state index contributed by atoms with van der Waals surface area (Å²) in [4.78, 5) is 8.55. The highest BCUT2D eigenvalue weighted by Gasteiger charge is 2.17. The first-order valence-corrected chi connectivity index (χ1v) is 5.97. The number of aromatic nitrogens is 4. The molecule has 0 amide bonds. The zero-order valence-electron chi connectivity index (χ0n) is 11.0. The first kappa shape index (κ1) is 12.4. The third-order valence-electron chi connectivity index (χ3n) is 2.90. The molecular formula is C12H13N5O3. The van der Waals surface area contributed by atoms with Crippen molar-refractivity contribution < 1.29 is 14.6 Å². The van der Waals surface area contributed by atoms with Gasteiger partial charge in [0.1, 0.15) is 18.2 Å². The van der Waals surface area contributed by atoms with E-state index in [9.17, 15) is 5.11 Å². The second kappa shape index (κ2) is 4.49. The molecule has 3 aromatic rings. The summed E-state index contributed by atoms with van der Waals surface area (Å²) in [6, 6.07) is 1.43. The Hall–Kier alpha value is -2.61. The summed E-state index contributed by atoms with van der Waals surface area (Å²) >= 11 is 0. The van der Waals surface area contributed by atoms with Crippen LogP contribution in [0.4, 0.5) is 5.95 Å². The highest BCUT2D eigenvalue weighted by Crippen LogP contribution is 2.32. The smallest absolute Gasteiger partial charge is 0.227 e. The lowest BCUT2D eigenvalue weighted by Gasteiger charge is -2.03. The quantitative estimate of drug-likeness (QED) is 0.652. The fourth-order valence-corrected chi connectivity index (χ4v) is 1.98. The van der Waals surface area contributed by atoms with E-state index in [1.165, 1.54) is 6.07 Å². The van der Waals surface area contributed by atoms with Gasteiger partial charge in [0.25, 0.3) is 0 Å². The molecule has 0 spiro atoms. The Balaban J connectivity index is 2.23. The molecule has 0 fully saturated rings. The minimum atomic E-state index is -0.374. The largest absolute Gasteiger partial charge is 0.504 e. The van der Waals surface area contributed by atoms with E-state index >= 15 is 0 Å². The van der Waals surface area contributed by atoms with Crippen LogP contribution in [0.15, 0.2) is 16.7 Å². The van der Waals surface area contributed by atoms with Crippen LogP contribution in [0.1, 0.15) is 11.6 Å². The standard InChI is InChI=1S/C12H13N5O3/c1-6-15-11-7(4-14-17(11)12(13-2)16-6)9-3-8(19)10(5-18)20-9/h3-4,18-19H,5H2,1-2H3,(H,13,15,16). The molecule has 0 saturated heterocycles. The van der Waals surface area contributed by atoms with Gasteiger partial charge in [0.15, 0.2) is 17.2 Å². The summed E-state index contributed by atoms with van der Waals surface area (Å²) in [6.45, 7) is 1.40. The Bertz CT molecular complexity index is 777. The van der Waals surface area contributed by atoms with Gasteiger partial charge in [-0.1, -0.05) is 0 Å². The van der Waals surface area contributed by atoms with Crippen molar-refractivity contribution in [3.05, 3.63) is 23.8 Å². The van der Waals surface area contributed by atoms with Crippen LogP contribution in [0.25, 0.3) is 17.0 Å². The summed E-state index contributed by atoms with van der Waals surface area (Å²) in [5.41, 5.74) is 1.17. The molecule has 0 aliphatic heterocycles. The summed E-state index contributed by atoms with van der Waals surface area (Å²) in [5, 5.41) is 25.8. The van der Waals surface area contributed by atoms with Gasteiger partial charge in [-0.3, -0.25) is 0 Å². The van der Waals surface area contributed by atoms with Crippen molar-refractivity contribution in [1.29, 1.82) is 0 Å². The van der Waals surface area contributed by atoms with Crippen molar-refractivity contribution in [2.75, 3.05) is 12.4 Å². The molecule has 104 valence electrons. The van der Waals surface area contributed by atoms with Crippen molar-refractivity contribution in [2.45, 2.75) is 13.5 Å². The van der Waals surface area contributed by atoms with E-state index in [4.69, 9.17) is 9.52 Å². The molecule has 0 bridgehead atoms. The number of nitrogens with zero attached hydrogens (tertiary/aromatic N) is 4. The van der Waals surface area contributed by atoms with E-state index in [0.29, 0.717) is 28.7 Å². The van der Waals surface area contributed by atoms with E-state index in [1.54, 1.807) is 24.7 Å². The Morgan fingerprint density at radius 3 is 2.85 bits per heavy atom. The molecule has 3 aromatic heterocycles. The molecular weight excluding hydrogens is 262 g/mol. The molecule has 8 heteroatoms. The number of aromatic hydroxyl groups is 1. The van der Waals surface area contributed by atoms with Gasteiger partial charge in [-0.15, -0.1) is 0 Å². The number of aliphatic hydroxyl groups is 1. The zero-order chi connectivity index (χ0) is 14.3. The van der Waals surface area contributed by atoms with Crippen LogP contribution >= 0.6 is 0 Å². The van der Waals surface area contributed by atoms with Crippen molar-refractivity contribution in [3.8, 4) is 17.1 Å². The monoisotopic (exact) mass is 275 g/mol. The Morgan fingerprint density at radius 2 is 2.20 bits per heavy atom. The van der Waals surface area contributed by atoms with Gasteiger partial charge in [0.05, 0.1) is 11.8 Å². The molecule has 0 aliphatic rings. The lowest BCUT2D eigenvalue weighted by molar-refractivity contribution is 0.241. The second-order valence-electron chi connectivity index (χ2n) is 4.22. The lowest BCUT2D eigenvalue weighted by atomic mass is 10.2. The first-order valence-electron chi connectivity index (χ1n) is 5.97. The van der Waals surface area contributed by atoms with Gasteiger partial charge >= 0.3 is 0 Å². The summed E-state index contributed by atoms with van der Waals surface area (Å²) in [6.07, 6.45) is 1.57. The lowest BCUT2D eigenvalue weighted by Crippen LogP contribution is -2.05. The van der Waals surface area contributed by atoms with E-state index < -0.39 is 0 Å². The minimum absolute atomic E-state index is 0.0959. The van der Waals surface area contributed by atoms with Gasteiger partial charge in [0, 0.05) is 13.1 Å². The predicted molar refractivity (Wildman–Crippen MR) is 70.4 cm³/mol. The van der Waals surface area contributed by atoms with Gasteiger partial charge in [0.2, 0.25) is 5.95 Å². The van der Waals surface area contributed by atoms with E-state index in [1.807, 2.05) is 0 Å². The van der Waals surface area contributed by atoms with E-state index in [2.05, 4.69) is 20.4 Å². The van der Waals surface area contributed by atoms with Crippen LogP contribution in [-0.2, 0) is 6.61 Å². The van der Waals surface area contributed by atoms with Crippen LogP contribution in [0, 0.1) is 6.92 Å². The molecule has 0 aromatic carbocycles. The highest BCUT2D eigenvalue weighted by molar-refractivity contribution is 5.75. The normalized spacial score (nSPS) is 11.2. The van der Waals surface area contributed by atoms with E-state index in [-0.39, 0.29) is 18.1 Å². The molecule has 20 heavy (non-hydrogen) atoms. The third kappa shape index (κ3) is 1.77. The molecule has 0 aliphatic carbocycles. The SMILES string of the molecule is CNc1nc(C)nc2c(-c3cc(O)c(CO)o3)cnn12. The molecule has 0 radical (unpaired) electrons. The maximum absolute atomic E-state index is 9.63. The Kier molecular flexibility index (Phi) is 2.79. The molecule has 0 atom stereocenters. The van der Waals surface area contributed by atoms with E-state index in [0.717, 1.165) is 0 Å². The third-order valence-corrected chi connectivity index (χ3v) is 2.90. The van der Waals surface area contributed by atoms with Crippen LogP contribution in [0.2, 0.25) is 0 Å². The van der Waals surface area contributed by atoms with Crippen molar-refractivity contribution in [1.82, 2.24) is 19.6 Å². The average molecular weight is 275 g/mol. The second-order valence-corrected chi connectivity index (χ2v) is 4.22. The van der Waals surface area contributed by atoms with Crippen LogP contribution in [0.3, 0.4) is 0 Å². The molecule has 0 unspecified atom stereocenters. The number of furan rings is 1.